The minimum atomic E-state index is 0.292. The molecular weight excluding hydrogens is 90.9 g/mol. The summed E-state index contributed by atoms with van der Waals surface area (Å²) < 4.78 is 10.1. The molecule has 1 fully saturated rings. The summed E-state index contributed by atoms with van der Waals surface area (Å²) in [7, 11) is 0.475. The molecule has 40 valence electrons. The Hall–Kier alpha value is -0.0151. The molecule has 1 aliphatic heterocycles. The van der Waals surface area contributed by atoms with Gasteiger partial charge in [-0.3, -0.25) is 0 Å². The zero-order valence-corrected chi connectivity index (χ0v) is 4.68. The van der Waals surface area contributed by atoms with E-state index < -0.39 is 0 Å². The van der Waals surface area contributed by atoms with Crippen LogP contribution in [-0.4, -0.2) is 19.9 Å². The van der Waals surface area contributed by atoms with Gasteiger partial charge in [-0.05, 0) is 13.8 Å². The molecule has 0 aliphatic carbocycles. The lowest BCUT2D eigenvalue weighted by Gasteiger charge is -2.04. The fourth-order valence-electron chi connectivity index (χ4n) is 0.525. The van der Waals surface area contributed by atoms with Crippen molar-refractivity contribution in [2.24, 2.45) is 0 Å². The van der Waals surface area contributed by atoms with Crippen LogP contribution in [0.3, 0.4) is 0 Å². The zero-order valence-electron chi connectivity index (χ0n) is 4.68. The van der Waals surface area contributed by atoms with Gasteiger partial charge in [-0.15, -0.1) is 0 Å². The summed E-state index contributed by atoms with van der Waals surface area (Å²) in [5.41, 5.74) is 0. The van der Waals surface area contributed by atoms with Gasteiger partial charge in [-0.25, -0.2) is 0 Å². The van der Waals surface area contributed by atoms with Crippen molar-refractivity contribution in [2.45, 2.75) is 26.1 Å². The van der Waals surface area contributed by atoms with Crippen LogP contribution in [0.25, 0.3) is 0 Å². The third kappa shape index (κ3) is 0.953. The molecular formula is C4H9BO2. The lowest BCUT2D eigenvalue weighted by molar-refractivity contribution is 0.187. The van der Waals surface area contributed by atoms with Gasteiger partial charge in [0.2, 0.25) is 0 Å². The third-order valence-electron chi connectivity index (χ3n) is 1.32. The van der Waals surface area contributed by atoms with Crippen LogP contribution >= 0.6 is 0 Å². The van der Waals surface area contributed by atoms with Crippen LogP contribution in [0.2, 0.25) is 0 Å². The van der Waals surface area contributed by atoms with Crippen LogP contribution in [0.15, 0.2) is 0 Å². The van der Waals surface area contributed by atoms with Crippen molar-refractivity contribution in [3.63, 3.8) is 0 Å². The Kier molecular flexibility index (Phi) is 1.35. The predicted octanol–water partition coefficient (Wildman–Crippen LogP) is 0.0767. The maximum Gasteiger partial charge on any atom is 0.438 e. The molecule has 2 nitrogen and oxygen atoms in total. The van der Waals surface area contributed by atoms with E-state index in [2.05, 4.69) is 0 Å². The normalized spacial score (nSPS) is 40.9. The predicted molar refractivity (Wildman–Crippen MR) is 28.2 cm³/mol. The van der Waals surface area contributed by atoms with Crippen LogP contribution in [0.1, 0.15) is 13.8 Å². The third-order valence-corrected chi connectivity index (χ3v) is 1.32. The molecule has 1 heterocycles. The molecule has 0 aromatic rings. The zero-order chi connectivity index (χ0) is 5.28. The first-order valence-electron chi connectivity index (χ1n) is 2.54. The minimum absolute atomic E-state index is 0.292. The van der Waals surface area contributed by atoms with Crippen LogP contribution in [0.4, 0.5) is 0 Å². The van der Waals surface area contributed by atoms with Crippen LogP contribution in [-0.2, 0) is 9.31 Å². The highest BCUT2D eigenvalue weighted by Gasteiger charge is 2.20. The maximum atomic E-state index is 5.04. The lowest BCUT2D eigenvalue weighted by atomic mass is 10.3. The topological polar surface area (TPSA) is 18.5 Å². The number of hydrogen-bond donors (Lipinski definition) is 0. The van der Waals surface area contributed by atoms with E-state index in [9.17, 15) is 0 Å². The van der Waals surface area contributed by atoms with Gasteiger partial charge in [0.05, 0.1) is 12.2 Å². The Morgan fingerprint density at radius 2 is 1.57 bits per heavy atom. The smallest absolute Gasteiger partial charge is 0.409 e. The van der Waals surface area contributed by atoms with Crippen molar-refractivity contribution in [3.8, 4) is 0 Å². The molecule has 0 saturated carbocycles. The van der Waals surface area contributed by atoms with E-state index in [0.29, 0.717) is 19.9 Å². The van der Waals surface area contributed by atoms with Crippen molar-refractivity contribution in [2.75, 3.05) is 0 Å². The second-order valence-electron chi connectivity index (χ2n) is 1.86. The van der Waals surface area contributed by atoms with Gasteiger partial charge in [0.15, 0.2) is 0 Å². The Morgan fingerprint density at radius 1 is 1.14 bits per heavy atom. The quantitative estimate of drug-likeness (QED) is 0.401. The molecule has 0 aromatic heterocycles. The van der Waals surface area contributed by atoms with Gasteiger partial charge in [0.25, 0.3) is 0 Å². The van der Waals surface area contributed by atoms with Crippen molar-refractivity contribution in [1.82, 2.24) is 0 Å². The molecule has 1 aliphatic rings. The number of hydrogen-bond acceptors (Lipinski definition) is 2. The average molecular weight is 99.9 g/mol. The largest absolute Gasteiger partial charge is 0.438 e. The maximum absolute atomic E-state index is 5.04. The lowest BCUT2D eigenvalue weighted by Crippen LogP contribution is -2.13. The molecule has 2 atom stereocenters. The molecule has 0 spiro atoms. The van der Waals surface area contributed by atoms with E-state index in [1.165, 1.54) is 0 Å². The molecule has 0 N–H and O–H groups in total. The summed E-state index contributed by atoms with van der Waals surface area (Å²) in [5.74, 6) is 0. The van der Waals surface area contributed by atoms with Gasteiger partial charge >= 0.3 is 7.69 Å². The first kappa shape index (κ1) is 5.13. The van der Waals surface area contributed by atoms with Gasteiger partial charge in [-0.1, -0.05) is 0 Å². The van der Waals surface area contributed by atoms with Crippen LogP contribution in [0.5, 0.6) is 0 Å². The van der Waals surface area contributed by atoms with Crippen molar-refractivity contribution in [1.29, 1.82) is 0 Å². The van der Waals surface area contributed by atoms with E-state index in [1.54, 1.807) is 0 Å². The molecule has 0 aromatic carbocycles. The molecule has 0 radical (unpaired) electrons. The summed E-state index contributed by atoms with van der Waals surface area (Å²) >= 11 is 0. The minimum Gasteiger partial charge on any atom is -0.409 e. The average Bonchev–Trinajstić information content (AvgIpc) is 1.91. The second kappa shape index (κ2) is 1.84. The van der Waals surface area contributed by atoms with Crippen LogP contribution < -0.4 is 0 Å². The summed E-state index contributed by atoms with van der Waals surface area (Å²) in [6.07, 6.45) is 0.583. The van der Waals surface area contributed by atoms with E-state index in [-0.39, 0.29) is 0 Å². The molecule has 1 saturated heterocycles. The summed E-state index contributed by atoms with van der Waals surface area (Å²) in [6.45, 7) is 4.02. The van der Waals surface area contributed by atoms with Crippen molar-refractivity contribution in [3.05, 3.63) is 0 Å². The second-order valence-corrected chi connectivity index (χ2v) is 1.86. The van der Waals surface area contributed by atoms with Gasteiger partial charge in [0.1, 0.15) is 0 Å². The van der Waals surface area contributed by atoms with Crippen molar-refractivity contribution >= 4 is 7.69 Å². The fourth-order valence-corrected chi connectivity index (χ4v) is 0.525. The highest BCUT2D eigenvalue weighted by molar-refractivity contribution is 6.19. The van der Waals surface area contributed by atoms with E-state index in [0.717, 1.165) is 0 Å². The highest BCUT2D eigenvalue weighted by Crippen LogP contribution is 2.07. The first-order chi connectivity index (χ1) is 3.30. The Bertz CT molecular complexity index is 58.7. The monoisotopic (exact) mass is 100 g/mol. The Balaban J connectivity index is 2.33. The number of rotatable bonds is 0. The molecule has 0 amide bonds. The van der Waals surface area contributed by atoms with Gasteiger partial charge in [-0.2, -0.15) is 0 Å². The van der Waals surface area contributed by atoms with E-state index in [1.807, 2.05) is 13.8 Å². The summed E-state index contributed by atoms with van der Waals surface area (Å²) in [6, 6.07) is 0. The molecule has 7 heavy (non-hydrogen) atoms. The first-order valence-corrected chi connectivity index (χ1v) is 2.54. The Morgan fingerprint density at radius 3 is 1.71 bits per heavy atom. The molecule has 3 heteroatoms. The van der Waals surface area contributed by atoms with Crippen LogP contribution in [0, 0.1) is 0 Å². The van der Waals surface area contributed by atoms with E-state index >= 15 is 0 Å². The SMILES string of the molecule is CC1OBO[C@@H]1C. The summed E-state index contributed by atoms with van der Waals surface area (Å²) in [4.78, 5) is 0. The van der Waals surface area contributed by atoms with Gasteiger partial charge < -0.3 is 9.31 Å². The Labute approximate surface area is 44.1 Å². The standard InChI is InChI=1S/C4H9BO2/c1-3-4(2)7-5-6-3/h3-5H,1-2H3/t3-,4?/m1/s1. The summed E-state index contributed by atoms with van der Waals surface area (Å²) in [5, 5.41) is 0. The van der Waals surface area contributed by atoms with Gasteiger partial charge in [0, 0.05) is 0 Å². The van der Waals surface area contributed by atoms with Crippen molar-refractivity contribution < 1.29 is 9.31 Å². The molecule has 0 bridgehead atoms. The molecule has 1 rings (SSSR count). The molecule has 1 unspecified atom stereocenters. The van der Waals surface area contributed by atoms with E-state index in [4.69, 9.17) is 9.31 Å². The highest BCUT2D eigenvalue weighted by atomic mass is 16.6. The fraction of sp³-hybridized carbons (Fsp3) is 1.00.